The third kappa shape index (κ3) is 24.7. The first-order valence-corrected chi connectivity index (χ1v) is 6.40. The molecular formula is C13H28O2. The van der Waals surface area contributed by atoms with Crippen molar-refractivity contribution in [3.8, 4) is 0 Å². The molecule has 0 saturated carbocycles. The molecule has 0 fully saturated rings. The lowest BCUT2D eigenvalue weighted by Crippen LogP contribution is -1.92. The third-order valence-corrected chi connectivity index (χ3v) is 2.20. The molecule has 0 rings (SSSR count). The van der Waals surface area contributed by atoms with Crippen molar-refractivity contribution in [1.82, 2.24) is 0 Å². The average Bonchev–Trinajstić information content (AvgIpc) is 2.22. The van der Waals surface area contributed by atoms with Crippen LogP contribution in [0.5, 0.6) is 0 Å². The zero-order valence-electron chi connectivity index (χ0n) is 10.7. The number of rotatable bonds is 8. The molecule has 0 aliphatic heterocycles. The van der Waals surface area contributed by atoms with E-state index in [0.29, 0.717) is 6.42 Å². The molecule has 0 saturated heterocycles. The van der Waals surface area contributed by atoms with Gasteiger partial charge in [0.25, 0.3) is 0 Å². The second-order valence-electron chi connectivity index (χ2n) is 3.91. The zero-order chi connectivity index (χ0) is 11.9. The first-order chi connectivity index (χ1) is 7.18. The summed E-state index contributed by atoms with van der Waals surface area (Å²) >= 11 is 0. The Hall–Kier alpha value is -0.530. The van der Waals surface area contributed by atoms with E-state index in [-0.39, 0.29) is 0 Å². The number of hydrogen-bond donors (Lipinski definition) is 1. The van der Waals surface area contributed by atoms with E-state index >= 15 is 0 Å². The van der Waals surface area contributed by atoms with Gasteiger partial charge in [0.2, 0.25) is 0 Å². The van der Waals surface area contributed by atoms with E-state index in [0.717, 1.165) is 19.3 Å². The van der Waals surface area contributed by atoms with Gasteiger partial charge in [0.1, 0.15) is 0 Å². The van der Waals surface area contributed by atoms with Crippen LogP contribution in [-0.4, -0.2) is 11.1 Å². The van der Waals surface area contributed by atoms with Crippen LogP contribution in [0.25, 0.3) is 0 Å². The van der Waals surface area contributed by atoms with Gasteiger partial charge in [-0.25, -0.2) is 0 Å². The van der Waals surface area contributed by atoms with E-state index < -0.39 is 5.97 Å². The van der Waals surface area contributed by atoms with Gasteiger partial charge in [0.05, 0.1) is 0 Å². The van der Waals surface area contributed by atoms with Crippen molar-refractivity contribution in [2.75, 3.05) is 0 Å². The highest BCUT2D eigenvalue weighted by Gasteiger charge is 1.93. The zero-order valence-corrected chi connectivity index (χ0v) is 10.7. The maximum Gasteiger partial charge on any atom is 0.303 e. The van der Waals surface area contributed by atoms with Crippen LogP contribution < -0.4 is 0 Å². The fraction of sp³-hybridized carbons (Fsp3) is 0.923. The Balaban J connectivity index is 0. The molecule has 2 nitrogen and oxygen atoms in total. The fourth-order valence-corrected chi connectivity index (χ4v) is 1.20. The molecule has 0 aromatic carbocycles. The number of hydrogen-bond acceptors (Lipinski definition) is 1. The van der Waals surface area contributed by atoms with Gasteiger partial charge in [-0.2, -0.15) is 0 Å². The fourth-order valence-electron chi connectivity index (χ4n) is 1.20. The van der Waals surface area contributed by atoms with Crippen LogP contribution in [0, 0.1) is 0 Å². The summed E-state index contributed by atoms with van der Waals surface area (Å²) in [6.45, 7) is 6.58. The molecule has 0 amide bonds. The molecule has 0 heterocycles. The van der Waals surface area contributed by atoms with E-state index in [9.17, 15) is 4.79 Å². The van der Waals surface area contributed by atoms with Crippen molar-refractivity contribution in [2.24, 2.45) is 0 Å². The minimum atomic E-state index is -0.675. The molecule has 0 spiro atoms. The Morgan fingerprint density at radius 1 is 0.800 bits per heavy atom. The lowest BCUT2D eigenvalue weighted by Gasteiger charge is -1.92. The van der Waals surface area contributed by atoms with Crippen LogP contribution in [0.4, 0.5) is 0 Å². The summed E-state index contributed by atoms with van der Waals surface area (Å²) in [5, 5.41) is 8.21. The molecule has 92 valence electrons. The van der Waals surface area contributed by atoms with Crippen molar-refractivity contribution in [3.63, 3.8) is 0 Å². The minimum Gasteiger partial charge on any atom is -0.481 e. The number of aliphatic carboxylic acids is 1. The van der Waals surface area contributed by atoms with Crippen LogP contribution in [0.3, 0.4) is 0 Å². The Labute approximate surface area is 95.1 Å². The predicted molar refractivity (Wildman–Crippen MR) is 66.2 cm³/mol. The molecule has 0 unspecified atom stereocenters. The van der Waals surface area contributed by atoms with Gasteiger partial charge in [-0.15, -0.1) is 0 Å². The Kier molecular flexibility index (Phi) is 17.9. The number of carboxylic acid groups (broad SMARTS) is 1. The molecule has 0 aliphatic rings. The summed E-state index contributed by atoms with van der Waals surface area (Å²) in [4.78, 5) is 9.96. The standard InChI is InChI=1S/C7H14O2.C6H14/c1-2-3-4-5-6-7(8)9;1-3-5-6-4-2/h2-6H2,1H3,(H,8,9);3-6H2,1-2H3. The maximum atomic E-state index is 9.96. The van der Waals surface area contributed by atoms with Gasteiger partial charge >= 0.3 is 5.97 Å². The summed E-state index contributed by atoms with van der Waals surface area (Å²) in [5.41, 5.74) is 0. The Morgan fingerprint density at radius 2 is 1.20 bits per heavy atom. The highest BCUT2D eigenvalue weighted by atomic mass is 16.4. The third-order valence-electron chi connectivity index (χ3n) is 2.20. The van der Waals surface area contributed by atoms with Crippen molar-refractivity contribution < 1.29 is 9.90 Å². The summed E-state index contributed by atoms with van der Waals surface area (Å²) in [6, 6.07) is 0. The van der Waals surface area contributed by atoms with Crippen LogP contribution in [0.2, 0.25) is 0 Å². The van der Waals surface area contributed by atoms with Crippen molar-refractivity contribution >= 4 is 5.97 Å². The molecule has 0 atom stereocenters. The molecule has 1 N–H and O–H groups in total. The molecule has 0 aliphatic carbocycles. The van der Waals surface area contributed by atoms with E-state index in [2.05, 4.69) is 20.8 Å². The number of unbranched alkanes of at least 4 members (excludes halogenated alkanes) is 6. The van der Waals surface area contributed by atoms with Crippen molar-refractivity contribution in [2.45, 2.75) is 78.6 Å². The molecule has 0 bridgehead atoms. The van der Waals surface area contributed by atoms with Crippen molar-refractivity contribution in [3.05, 3.63) is 0 Å². The summed E-state index contributed by atoms with van der Waals surface area (Å²) in [6.07, 6.45) is 10.1. The lowest BCUT2D eigenvalue weighted by molar-refractivity contribution is -0.137. The SMILES string of the molecule is CCCCCC.CCCCCCC(=O)O. The summed E-state index contributed by atoms with van der Waals surface area (Å²) in [7, 11) is 0. The first kappa shape index (κ1) is 16.9. The Morgan fingerprint density at radius 3 is 1.53 bits per heavy atom. The molecule has 0 radical (unpaired) electrons. The second kappa shape index (κ2) is 15.9. The topological polar surface area (TPSA) is 37.3 Å². The lowest BCUT2D eigenvalue weighted by atomic mass is 10.2. The predicted octanol–water partition coefficient (Wildman–Crippen LogP) is 4.63. The average molecular weight is 216 g/mol. The van der Waals surface area contributed by atoms with E-state index in [4.69, 9.17) is 5.11 Å². The van der Waals surface area contributed by atoms with E-state index in [1.165, 1.54) is 32.1 Å². The van der Waals surface area contributed by atoms with Gasteiger partial charge < -0.3 is 5.11 Å². The van der Waals surface area contributed by atoms with E-state index in [1.54, 1.807) is 0 Å². The molecule has 0 aromatic heterocycles. The van der Waals surface area contributed by atoms with Gasteiger partial charge in [-0.1, -0.05) is 65.7 Å². The smallest absolute Gasteiger partial charge is 0.303 e. The highest BCUT2D eigenvalue weighted by Crippen LogP contribution is 2.01. The van der Waals surface area contributed by atoms with Crippen LogP contribution in [-0.2, 0) is 4.79 Å². The maximum absolute atomic E-state index is 9.96. The monoisotopic (exact) mass is 216 g/mol. The normalized spacial score (nSPS) is 9.27. The van der Waals surface area contributed by atoms with Crippen LogP contribution in [0.1, 0.15) is 78.6 Å². The molecule has 0 aromatic rings. The van der Waals surface area contributed by atoms with Crippen molar-refractivity contribution in [1.29, 1.82) is 0 Å². The van der Waals surface area contributed by atoms with Gasteiger partial charge in [0, 0.05) is 6.42 Å². The van der Waals surface area contributed by atoms with Crippen LogP contribution in [0.15, 0.2) is 0 Å². The van der Waals surface area contributed by atoms with Gasteiger partial charge in [-0.05, 0) is 6.42 Å². The molecule has 15 heavy (non-hydrogen) atoms. The number of carboxylic acids is 1. The quantitative estimate of drug-likeness (QED) is 0.601. The first-order valence-electron chi connectivity index (χ1n) is 6.40. The molecule has 2 heteroatoms. The highest BCUT2D eigenvalue weighted by molar-refractivity contribution is 5.66. The van der Waals surface area contributed by atoms with Crippen LogP contribution >= 0.6 is 0 Å². The summed E-state index contributed by atoms with van der Waals surface area (Å²) < 4.78 is 0. The summed E-state index contributed by atoms with van der Waals surface area (Å²) in [5.74, 6) is -0.675. The number of carbonyl (C=O) groups is 1. The van der Waals surface area contributed by atoms with Gasteiger partial charge in [-0.3, -0.25) is 4.79 Å². The van der Waals surface area contributed by atoms with E-state index in [1.807, 2.05) is 0 Å². The van der Waals surface area contributed by atoms with Gasteiger partial charge in [0.15, 0.2) is 0 Å². The molecular weight excluding hydrogens is 188 g/mol. The second-order valence-corrected chi connectivity index (χ2v) is 3.91. The Bertz CT molecular complexity index is 118. The minimum absolute atomic E-state index is 0.333. The largest absolute Gasteiger partial charge is 0.481 e.